The highest BCUT2D eigenvalue weighted by Gasteiger charge is 2.18. The van der Waals surface area contributed by atoms with Gasteiger partial charge in [-0.2, -0.15) is 11.8 Å². The molecule has 0 bridgehead atoms. The van der Waals surface area contributed by atoms with Crippen molar-refractivity contribution in [3.8, 4) is 0 Å². The van der Waals surface area contributed by atoms with E-state index in [1.54, 1.807) is 0 Å². The molecule has 1 aromatic rings. The number of nitrogen functional groups attached to an aromatic ring is 1. The summed E-state index contributed by atoms with van der Waals surface area (Å²) in [5, 5.41) is 0. The molecule has 70 valence electrons. The molecule has 1 aromatic heterocycles. The standard InChI is InChI=1S/C8H12N4S/c1-2-7-10-6-4-13-3-5(6)8(11-7)12-9/h2-4,9H2,1H3,(H,10,11,12). The minimum atomic E-state index is 0.798. The van der Waals surface area contributed by atoms with Gasteiger partial charge >= 0.3 is 0 Å². The average Bonchev–Trinajstić information content (AvgIpc) is 2.63. The summed E-state index contributed by atoms with van der Waals surface area (Å²) < 4.78 is 0. The minimum Gasteiger partial charge on any atom is -0.308 e. The van der Waals surface area contributed by atoms with Gasteiger partial charge in [0, 0.05) is 23.5 Å². The first kappa shape index (κ1) is 8.77. The van der Waals surface area contributed by atoms with Crippen LogP contribution in [0.3, 0.4) is 0 Å². The van der Waals surface area contributed by atoms with Crippen LogP contribution in [0, 0.1) is 0 Å². The van der Waals surface area contributed by atoms with Gasteiger partial charge in [0.2, 0.25) is 0 Å². The van der Waals surface area contributed by atoms with Gasteiger partial charge < -0.3 is 5.43 Å². The molecule has 2 rings (SSSR count). The van der Waals surface area contributed by atoms with Crippen molar-refractivity contribution >= 4 is 17.6 Å². The lowest BCUT2D eigenvalue weighted by Gasteiger charge is -2.06. The monoisotopic (exact) mass is 196 g/mol. The molecular formula is C8H12N4S. The number of hydrazine groups is 1. The lowest BCUT2D eigenvalue weighted by Crippen LogP contribution is -2.13. The van der Waals surface area contributed by atoms with Gasteiger partial charge in [-0.25, -0.2) is 15.8 Å². The Morgan fingerprint density at radius 3 is 3.00 bits per heavy atom. The fraction of sp³-hybridized carbons (Fsp3) is 0.500. The lowest BCUT2D eigenvalue weighted by molar-refractivity contribution is 0.904. The van der Waals surface area contributed by atoms with Crippen LogP contribution in [0.5, 0.6) is 0 Å². The smallest absolute Gasteiger partial charge is 0.148 e. The predicted octanol–water partition coefficient (Wildman–Crippen LogP) is 1.07. The van der Waals surface area contributed by atoms with E-state index in [0.29, 0.717) is 0 Å². The van der Waals surface area contributed by atoms with Gasteiger partial charge in [-0.15, -0.1) is 0 Å². The molecule has 13 heavy (non-hydrogen) atoms. The summed E-state index contributed by atoms with van der Waals surface area (Å²) in [5.41, 5.74) is 4.95. The summed E-state index contributed by atoms with van der Waals surface area (Å²) in [6.45, 7) is 2.05. The number of rotatable bonds is 2. The van der Waals surface area contributed by atoms with Crippen LogP contribution in [0.4, 0.5) is 5.82 Å². The second kappa shape index (κ2) is 3.51. The Morgan fingerprint density at radius 2 is 2.31 bits per heavy atom. The van der Waals surface area contributed by atoms with Crippen LogP contribution in [0.25, 0.3) is 0 Å². The fourth-order valence-electron chi connectivity index (χ4n) is 1.38. The van der Waals surface area contributed by atoms with Crippen LogP contribution in [-0.2, 0) is 17.9 Å². The van der Waals surface area contributed by atoms with Gasteiger partial charge in [-0.05, 0) is 0 Å². The van der Waals surface area contributed by atoms with Crippen molar-refractivity contribution in [2.75, 3.05) is 5.43 Å². The number of fused-ring (bicyclic) bond motifs is 1. The number of anilines is 1. The zero-order valence-electron chi connectivity index (χ0n) is 7.50. The first-order chi connectivity index (χ1) is 6.35. The summed E-state index contributed by atoms with van der Waals surface area (Å²) in [4.78, 5) is 8.77. The quantitative estimate of drug-likeness (QED) is 0.547. The number of hydrogen-bond acceptors (Lipinski definition) is 5. The van der Waals surface area contributed by atoms with Crippen molar-refractivity contribution in [3.05, 3.63) is 17.1 Å². The molecule has 0 unspecified atom stereocenters. The van der Waals surface area contributed by atoms with E-state index < -0.39 is 0 Å². The van der Waals surface area contributed by atoms with Gasteiger partial charge in [0.25, 0.3) is 0 Å². The molecule has 0 saturated heterocycles. The molecule has 0 saturated carbocycles. The van der Waals surface area contributed by atoms with Crippen molar-refractivity contribution in [2.24, 2.45) is 5.84 Å². The normalized spacial score (nSPS) is 14.3. The topological polar surface area (TPSA) is 63.8 Å². The molecular weight excluding hydrogens is 184 g/mol. The third kappa shape index (κ3) is 1.49. The summed E-state index contributed by atoms with van der Waals surface area (Å²) in [6.07, 6.45) is 0.854. The number of aryl methyl sites for hydroxylation is 1. The van der Waals surface area contributed by atoms with Crippen LogP contribution < -0.4 is 11.3 Å². The van der Waals surface area contributed by atoms with E-state index in [4.69, 9.17) is 5.84 Å². The lowest BCUT2D eigenvalue weighted by atomic mass is 10.2. The maximum Gasteiger partial charge on any atom is 0.148 e. The minimum absolute atomic E-state index is 0.798. The summed E-state index contributed by atoms with van der Waals surface area (Å²) in [5.74, 6) is 9.02. The first-order valence-corrected chi connectivity index (χ1v) is 5.43. The Labute approximate surface area is 81.3 Å². The van der Waals surface area contributed by atoms with E-state index in [0.717, 1.165) is 35.3 Å². The van der Waals surface area contributed by atoms with Crippen molar-refractivity contribution in [2.45, 2.75) is 24.9 Å². The molecule has 0 atom stereocenters. The molecule has 5 heteroatoms. The molecule has 0 aliphatic carbocycles. The summed E-state index contributed by atoms with van der Waals surface area (Å²) in [6, 6.07) is 0. The van der Waals surface area contributed by atoms with Crippen LogP contribution >= 0.6 is 11.8 Å². The second-order valence-electron chi connectivity index (χ2n) is 2.90. The Morgan fingerprint density at radius 1 is 1.46 bits per heavy atom. The van der Waals surface area contributed by atoms with Crippen LogP contribution in [0.2, 0.25) is 0 Å². The predicted molar refractivity (Wildman–Crippen MR) is 54.2 cm³/mol. The number of thioether (sulfide) groups is 1. The number of hydrogen-bond donors (Lipinski definition) is 2. The van der Waals surface area contributed by atoms with E-state index >= 15 is 0 Å². The zero-order chi connectivity index (χ0) is 9.26. The number of nitrogens with two attached hydrogens (primary N) is 1. The third-order valence-electron chi connectivity index (χ3n) is 2.08. The number of nitrogens with one attached hydrogen (secondary N) is 1. The Balaban J connectivity index is 2.49. The Bertz CT molecular complexity index is 326. The highest BCUT2D eigenvalue weighted by atomic mass is 32.2. The molecule has 4 nitrogen and oxygen atoms in total. The maximum atomic E-state index is 5.40. The van der Waals surface area contributed by atoms with Crippen molar-refractivity contribution < 1.29 is 0 Å². The SMILES string of the molecule is CCc1nc2c(c(NN)n1)CSC2. The summed E-state index contributed by atoms with van der Waals surface area (Å²) in [7, 11) is 0. The average molecular weight is 196 g/mol. The molecule has 0 aromatic carbocycles. The molecule has 0 amide bonds. The molecule has 0 spiro atoms. The Kier molecular flexibility index (Phi) is 2.37. The molecule has 2 heterocycles. The van der Waals surface area contributed by atoms with Gasteiger partial charge in [-0.1, -0.05) is 6.92 Å². The molecule has 0 radical (unpaired) electrons. The van der Waals surface area contributed by atoms with E-state index in [2.05, 4.69) is 15.4 Å². The van der Waals surface area contributed by atoms with Crippen LogP contribution in [-0.4, -0.2) is 9.97 Å². The third-order valence-corrected chi connectivity index (χ3v) is 3.05. The fourth-order valence-corrected chi connectivity index (χ4v) is 2.42. The number of nitrogens with zero attached hydrogens (tertiary/aromatic N) is 2. The molecule has 1 aliphatic rings. The van der Waals surface area contributed by atoms with Gasteiger partial charge in [0.15, 0.2) is 0 Å². The van der Waals surface area contributed by atoms with Crippen molar-refractivity contribution in [1.29, 1.82) is 0 Å². The Hall–Kier alpha value is -0.810. The largest absolute Gasteiger partial charge is 0.308 e. The zero-order valence-corrected chi connectivity index (χ0v) is 8.32. The van der Waals surface area contributed by atoms with E-state index in [1.165, 1.54) is 5.56 Å². The van der Waals surface area contributed by atoms with Crippen LogP contribution in [0.1, 0.15) is 24.0 Å². The van der Waals surface area contributed by atoms with E-state index in [-0.39, 0.29) is 0 Å². The highest BCUT2D eigenvalue weighted by Crippen LogP contribution is 2.32. The van der Waals surface area contributed by atoms with Gasteiger partial charge in [0.05, 0.1) is 5.69 Å². The van der Waals surface area contributed by atoms with Crippen LogP contribution in [0.15, 0.2) is 0 Å². The molecule has 0 fully saturated rings. The maximum absolute atomic E-state index is 5.40. The van der Waals surface area contributed by atoms with Gasteiger partial charge in [0.1, 0.15) is 11.6 Å². The van der Waals surface area contributed by atoms with E-state index in [9.17, 15) is 0 Å². The summed E-state index contributed by atoms with van der Waals surface area (Å²) >= 11 is 1.85. The van der Waals surface area contributed by atoms with Crippen molar-refractivity contribution in [3.63, 3.8) is 0 Å². The highest BCUT2D eigenvalue weighted by molar-refractivity contribution is 7.98. The van der Waals surface area contributed by atoms with Gasteiger partial charge in [-0.3, -0.25) is 0 Å². The molecule has 3 N–H and O–H groups in total. The van der Waals surface area contributed by atoms with Crippen molar-refractivity contribution in [1.82, 2.24) is 9.97 Å². The second-order valence-corrected chi connectivity index (χ2v) is 3.89. The van der Waals surface area contributed by atoms with E-state index in [1.807, 2.05) is 18.7 Å². The number of aromatic nitrogens is 2. The first-order valence-electron chi connectivity index (χ1n) is 4.28. The molecule has 1 aliphatic heterocycles.